The van der Waals surface area contributed by atoms with Gasteiger partial charge in [0, 0.05) is 12.6 Å². The number of aromatic nitrogens is 2. The third kappa shape index (κ3) is 1.86. The summed E-state index contributed by atoms with van der Waals surface area (Å²) < 4.78 is 1.04. The Balaban J connectivity index is 3.47. The Morgan fingerprint density at radius 3 is 2.85 bits per heavy atom. The first-order valence-electron chi connectivity index (χ1n) is 3.57. The van der Waals surface area contributed by atoms with Crippen molar-refractivity contribution in [1.29, 1.82) is 0 Å². The van der Waals surface area contributed by atoms with Crippen LogP contribution in [-0.2, 0) is 6.54 Å². The zero-order chi connectivity index (χ0) is 10.0. The molecule has 0 saturated carbocycles. The lowest BCUT2D eigenvalue weighted by atomic mass is 10.4. The van der Waals surface area contributed by atoms with Gasteiger partial charge in [0.2, 0.25) is 0 Å². The van der Waals surface area contributed by atoms with Gasteiger partial charge in [-0.25, -0.2) is 9.59 Å². The number of rotatable bonds is 2. The number of hydrogen-bond donors (Lipinski definition) is 1. The van der Waals surface area contributed by atoms with Gasteiger partial charge in [-0.3, -0.25) is 4.57 Å². The third-order valence-electron chi connectivity index (χ3n) is 1.52. The number of hydrogen-bond acceptors (Lipinski definition) is 3. The van der Waals surface area contributed by atoms with Crippen LogP contribution in [0.3, 0.4) is 0 Å². The van der Waals surface area contributed by atoms with Gasteiger partial charge in [-0.05, 0) is 6.92 Å². The van der Waals surface area contributed by atoms with E-state index in [1.54, 1.807) is 6.92 Å². The number of halogens is 1. The summed E-state index contributed by atoms with van der Waals surface area (Å²) in [5.74, 6) is -1.19. The van der Waals surface area contributed by atoms with Crippen LogP contribution in [0.2, 0.25) is 5.15 Å². The zero-order valence-electron chi connectivity index (χ0n) is 6.82. The van der Waals surface area contributed by atoms with Gasteiger partial charge >= 0.3 is 11.7 Å². The van der Waals surface area contributed by atoms with Gasteiger partial charge < -0.3 is 5.11 Å². The second kappa shape index (κ2) is 3.57. The zero-order valence-corrected chi connectivity index (χ0v) is 7.58. The molecular weight excluding hydrogens is 196 g/mol. The van der Waals surface area contributed by atoms with E-state index in [2.05, 4.69) is 4.98 Å². The Labute approximate surface area is 78.6 Å². The van der Waals surface area contributed by atoms with Crippen molar-refractivity contribution >= 4 is 17.6 Å². The minimum Gasteiger partial charge on any atom is -0.477 e. The molecule has 0 bridgehead atoms. The fourth-order valence-electron chi connectivity index (χ4n) is 0.961. The predicted molar refractivity (Wildman–Crippen MR) is 46.1 cm³/mol. The van der Waals surface area contributed by atoms with Crippen molar-refractivity contribution in [1.82, 2.24) is 9.55 Å². The minimum atomic E-state index is -1.19. The highest BCUT2D eigenvalue weighted by Gasteiger charge is 2.11. The molecule has 0 aliphatic heterocycles. The van der Waals surface area contributed by atoms with Crippen LogP contribution in [-0.4, -0.2) is 20.6 Å². The average molecular weight is 203 g/mol. The van der Waals surface area contributed by atoms with Crippen LogP contribution in [0.5, 0.6) is 0 Å². The van der Waals surface area contributed by atoms with E-state index < -0.39 is 11.7 Å². The van der Waals surface area contributed by atoms with Crippen molar-refractivity contribution < 1.29 is 9.90 Å². The summed E-state index contributed by atoms with van der Waals surface area (Å²) in [4.78, 5) is 25.1. The first-order chi connectivity index (χ1) is 6.06. The lowest BCUT2D eigenvalue weighted by Gasteiger charge is -2.05. The maximum atomic E-state index is 11.1. The Morgan fingerprint density at radius 2 is 2.38 bits per heavy atom. The molecule has 6 heteroatoms. The van der Waals surface area contributed by atoms with E-state index in [1.807, 2.05) is 0 Å². The molecular formula is C7H7ClN2O3. The van der Waals surface area contributed by atoms with E-state index in [4.69, 9.17) is 16.7 Å². The molecule has 0 unspecified atom stereocenters. The van der Waals surface area contributed by atoms with Crippen molar-refractivity contribution in [3.05, 3.63) is 27.4 Å². The van der Waals surface area contributed by atoms with E-state index in [-0.39, 0.29) is 17.4 Å². The average Bonchev–Trinajstić information content (AvgIpc) is 2.02. The van der Waals surface area contributed by atoms with Gasteiger partial charge in [0.05, 0.1) is 0 Å². The van der Waals surface area contributed by atoms with Crippen LogP contribution in [0.4, 0.5) is 0 Å². The Bertz CT molecular complexity index is 399. The molecule has 1 heterocycles. The minimum absolute atomic E-state index is 0.105. The molecule has 0 saturated heterocycles. The van der Waals surface area contributed by atoms with Crippen molar-refractivity contribution in [3.8, 4) is 0 Å². The lowest BCUT2D eigenvalue weighted by Crippen LogP contribution is -2.27. The summed E-state index contributed by atoms with van der Waals surface area (Å²) in [6, 6.07) is 1.15. The molecule has 0 radical (unpaired) electrons. The van der Waals surface area contributed by atoms with E-state index >= 15 is 0 Å². The van der Waals surface area contributed by atoms with Gasteiger partial charge in [0.25, 0.3) is 0 Å². The molecule has 5 nitrogen and oxygen atoms in total. The van der Waals surface area contributed by atoms with E-state index in [9.17, 15) is 9.59 Å². The molecule has 0 spiro atoms. The standard InChI is InChI=1S/C7H7ClN2O3/c1-2-10-4(6(11)12)3-5(8)9-7(10)13/h3H,2H2,1H3,(H,11,12). The molecule has 0 aliphatic rings. The third-order valence-corrected chi connectivity index (χ3v) is 1.71. The summed E-state index contributed by atoms with van der Waals surface area (Å²) >= 11 is 5.44. The summed E-state index contributed by atoms with van der Waals surface area (Å²) in [6.07, 6.45) is 0. The van der Waals surface area contributed by atoms with Crippen LogP contribution in [0.15, 0.2) is 10.9 Å². The number of carboxylic acid groups (broad SMARTS) is 1. The Morgan fingerprint density at radius 1 is 1.77 bits per heavy atom. The molecule has 1 aromatic rings. The predicted octanol–water partition coefficient (Wildman–Crippen LogP) is 0.615. The topological polar surface area (TPSA) is 72.2 Å². The van der Waals surface area contributed by atoms with Crippen LogP contribution >= 0.6 is 11.6 Å². The SMILES string of the molecule is CCn1c(C(=O)O)cc(Cl)nc1=O. The van der Waals surface area contributed by atoms with Crippen LogP contribution in [0.25, 0.3) is 0 Å². The molecule has 1 N–H and O–H groups in total. The molecule has 13 heavy (non-hydrogen) atoms. The molecule has 0 aromatic carbocycles. The number of aromatic carboxylic acids is 1. The first-order valence-corrected chi connectivity index (χ1v) is 3.94. The number of nitrogens with zero attached hydrogens (tertiary/aromatic N) is 2. The van der Waals surface area contributed by atoms with Crippen molar-refractivity contribution in [2.45, 2.75) is 13.5 Å². The van der Waals surface area contributed by atoms with Crippen LogP contribution < -0.4 is 5.69 Å². The van der Waals surface area contributed by atoms with Crippen LogP contribution in [0, 0.1) is 0 Å². The van der Waals surface area contributed by atoms with Crippen molar-refractivity contribution in [2.75, 3.05) is 0 Å². The van der Waals surface area contributed by atoms with Gasteiger partial charge in [0.15, 0.2) is 0 Å². The second-order valence-corrected chi connectivity index (χ2v) is 2.68. The summed E-state index contributed by atoms with van der Waals surface area (Å²) in [5.41, 5.74) is -0.792. The highest BCUT2D eigenvalue weighted by molar-refractivity contribution is 6.29. The molecule has 70 valence electrons. The summed E-state index contributed by atoms with van der Waals surface area (Å²) in [6.45, 7) is 1.91. The molecule has 1 rings (SSSR count). The Kier molecular flexibility index (Phi) is 2.67. The maximum absolute atomic E-state index is 11.1. The summed E-state index contributed by atoms with van der Waals surface area (Å²) in [5, 5.41) is 8.59. The van der Waals surface area contributed by atoms with Gasteiger partial charge in [-0.1, -0.05) is 11.6 Å². The van der Waals surface area contributed by atoms with Crippen molar-refractivity contribution in [3.63, 3.8) is 0 Å². The molecule has 0 fully saturated rings. The highest BCUT2D eigenvalue weighted by Crippen LogP contribution is 2.04. The van der Waals surface area contributed by atoms with Gasteiger partial charge in [-0.15, -0.1) is 0 Å². The highest BCUT2D eigenvalue weighted by atomic mass is 35.5. The smallest absolute Gasteiger partial charge is 0.352 e. The lowest BCUT2D eigenvalue weighted by molar-refractivity contribution is 0.0683. The first kappa shape index (κ1) is 9.73. The fraction of sp³-hybridized carbons (Fsp3) is 0.286. The molecule has 0 atom stereocenters. The number of carbonyl (C=O) groups is 1. The fourth-order valence-corrected chi connectivity index (χ4v) is 1.14. The van der Waals surface area contributed by atoms with Crippen molar-refractivity contribution in [2.24, 2.45) is 0 Å². The van der Waals surface area contributed by atoms with Gasteiger partial charge in [0.1, 0.15) is 10.8 Å². The summed E-state index contributed by atoms with van der Waals surface area (Å²) in [7, 11) is 0. The molecule has 0 aliphatic carbocycles. The quantitative estimate of drug-likeness (QED) is 0.714. The monoisotopic (exact) mass is 202 g/mol. The molecule has 1 aromatic heterocycles. The van der Waals surface area contributed by atoms with E-state index in [1.165, 1.54) is 0 Å². The van der Waals surface area contributed by atoms with E-state index in [0.717, 1.165) is 10.6 Å². The normalized spacial score (nSPS) is 10.0. The maximum Gasteiger partial charge on any atom is 0.352 e. The Hall–Kier alpha value is -1.36. The van der Waals surface area contributed by atoms with Gasteiger partial charge in [-0.2, -0.15) is 4.98 Å². The number of carboxylic acids is 1. The largest absolute Gasteiger partial charge is 0.477 e. The second-order valence-electron chi connectivity index (χ2n) is 2.30. The van der Waals surface area contributed by atoms with E-state index in [0.29, 0.717) is 0 Å². The van der Waals surface area contributed by atoms with Crippen LogP contribution in [0.1, 0.15) is 17.4 Å². The molecule has 0 amide bonds.